The lowest BCUT2D eigenvalue weighted by atomic mass is 10.1. The molecule has 2 aromatic heterocycles. The Bertz CT molecular complexity index is 1400. The highest BCUT2D eigenvalue weighted by Crippen LogP contribution is 2.40. The van der Waals surface area contributed by atoms with Crippen LogP contribution in [0, 0.1) is 10.1 Å². The Kier molecular flexibility index (Phi) is 5.96. The standard InChI is InChI=1S/C25H26N6O4/c1-29-11-9-16(14-29)35-24-13-23(34-3)20(12-22(24)31(32)33)28-25-26-10-8-19(27-25)18-15-30(2)21-7-5-4-6-17(18)21/h4-8,10,12-13,15-16H,9,11,14H2,1-3H3,(H,26,27,28)/t16-/m0/s1. The Balaban J connectivity index is 1.48. The van der Waals surface area contributed by atoms with E-state index in [0.717, 1.165) is 35.1 Å². The van der Waals surface area contributed by atoms with Gasteiger partial charge in [-0.2, -0.15) is 0 Å². The molecule has 1 atom stereocenters. The molecule has 0 aliphatic carbocycles. The van der Waals surface area contributed by atoms with Crippen molar-refractivity contribution in [3.8, 4) is 22.8 Å². The van der Waals surface area contributed by atoms with Gasteiger partial charge in [0.1, 0.15) is 11.9 Å². The number of nitro groups is 1. The van der Waals surface area contributed by atoms with Gasteiger partial charge in [0, 0.05) is 61.1 Å². The van der Waals surface area contributed by atoms with Gasteiger partial charge in [0.2, 0.25) is 11.7 Å². The lowest BCUT2D eigenvalue weighted by Crippen LogP contribution is -2.21. The number of hydrogen-bond donors (Lipinski definition) is 1. The van der Waals surface area contributed by atoms with Crippen molar-refractivity contribution in [3.63, 3.8) is 0 Å². The molecule has 1 aliphatic heterocycles. The average Bonchev–Trinajstić information content (AvgIpc) is 3.42. The molecule has 0 bridgehead atoms. The third-order valence-electron chi connectivity index (χ3n) is 6.19. The fourth-order valence-corrected chi connectivity index (χ4v) is 4.46. The number of methoxy groups -OCH3 is 1. The molecule has 0 unspecified atom stereocenters. The van der Waals surface area contributed by atoms with Crippen LogP contribution in [0.25, 0.3) is 22.2 Å². The van der Waals surface area contributed by atoms with Crippen molar-refractivity contribution in [1.82, 2.24) is 19.4 Å². The third kappa shape index (κ3) is 4.47. The number of aryl methyl sites for hydroxylation is 1. The summed E-state index contributed by atoms with van der Waals surface area (Å²) in [7, 11) is 5.49. The predicted molar refractivity (Wildman–Crippen MR) is 133 cm³/mol. The molecule has 1 aliphatic rings. The van der Waals surface area contributed by atoms with Crippen molar-refractivity contribution in [1.29, 1.82) is 0 Å². The van der Waals surface area contributed by atoms with Gasteiger partial charge < -0.3 is 24.3 Å². The molecule has 4 aromatic rings. The van der Waals surface area contributed by atoms with Crippen molar-refractivity contribution in [3.05, 3.63) is 65.0 Å². The quantitative estimate of drug-likeness (QED) is 0.311. The van der Waals surface area contributed by atoms with Crippen LogP contribution < -0.4 is 14.8 Å². The highest BCUT2D eigenvalue weighted by Gasteiger charge is 2.27. The molecule has 0 amide bonds. The number of nitrogens with zero attached hydrogens (tertiary/aromatic N) is 5. The van der Waals surface area contributed by atoms with E-state index in [2.05, 4.69) is 26.3 Å². The molecule has 0 spiro atoms. The molecule has 180 valence electrons. The first-order valence-corrected chi connectivity index (χ1v) is 11.3. The third-order valence-corrected chi connectivity index (χ3v) is 6.19. The lowest BCUT2D eigenvalue weighted by molar-refractivity contribution is -0.386. The number of ether oxygens (including phenoxy) is 2. The van der Waals surface area contributed by atoms with E-state index in [-0.39, 0.29) is 17.5 Å². The Hall–Kier alpha value is -4.18. The number of benzene rings is 2. The van der Waals surface area contributed by atoms with Gasteiger partial charge in [0.05, 0.1) is 23.4 Å². The molecule has 10 heteroatoms. The van der Waals surface area contributed by atoms with E-state index in [4.69, 9.17) is 9.47 Å². The van der Waals surface area contributed by atoms with E-state index >= 15 is 0 Å². The largest absolute Gasteiger partial charge is 0.494 e. The number of nitrogens with one attached hydrogen (secondary N) is 1. The van der Waals surface area contributed by atoms with Crippen LogP contribution in [0.15, 0.2) is 54.9 Å². The zero-order valence-corrected chi connectivity index (χ0v) is 19.8. The lowest BCUT2D eigenvalue weighted by Gasteiger charge is -2.16. The second-order valence-corrected chi connectivity index (χ2v) is 8.63. The highest BCUT2D eigenvalue weighted by molar-refractivity contribution is 5.95. The number of likely N-dealkylation sites (N-methyl/N-ethyl adjacent to an activating group) is 1. The van der Waals surface area contributed by atoms with E-state index in [1.54, 1.807) is 12.3 Å². The van der Waals surface area contributed by atoms with Crippen LogP contribution in [0.1, 0.15) is 6.42 Å². The maximum absolute atomic E-state index is 11.8. The summed E-state index contributed by atoms with van der Waals surface area (Å²) < 4.78 is 13.6. The van der Waals surface area contributed by atoms with Crippen LogP contribution in [0.2, 0.25) is 0 Å². The van der Waals surface area contributed by atoms with Crippen LogP contribution in [-0.4, -0.2) is 57.7 Å². The Morgan fingerprint density at radius 1 is 1.17 bits per heavy atom. The van der Waals surface area contributed by atoms with Crippen LogP contribution in [0.4, 0.5) is 17.3 Å². The van der Waals surface area contributed by atoms with E-state index in [0.29, 0.717) is 23.9 Å². The van der Waals surface area contributed by atoms with Gasteiger partial charge >= 0.3 is 5.69 Å². The van der Waals surface area contributed by atoms with Gasteiger partial charge in [-0.05, 0) is 25.6 Å². The monoisotopic (exact) mass is 474 g/mol. The molecule has 1 saturated heterocycles. The zero-order chi connectivity index (χ0) is 24.5. The molecule has 0 saturated carbocycles. The van der Waals surface area contributed by atoms with Gasteiger partial charge in [-0.3, -0.25) is 10.1 Å². The van der Waals surface area contributed by atoms with Gasteiger partial charge in [-0.15, -0.1) is 0 Å². The first-order chi connectivity index (χ1) is 16.9. The minimum absolute atomic E-state index is 0.108. The van der Waals surface area contributed by atoms with E-state index < -0.39 is 4.92 Å². The van der Waals surface area contributed by atoms with Crippen molar-refractivity contribution < 1.29 is 14.4 Å². The molecular formula is C25H26N6O4. The van der Waals surface area contributed by atoms with E-state index in [1.165, 1.54) is 13.2 Å². The number of para-hydroxylation sites is 1. The Labute approximate surface area is 202 Å². The topological polar surface area (TPSA) is 108 Å². The number of aromatic nitrogens is 3. The molecule has 0 radical (unpaired) electrons. The van der Waals surface area contributed by atoms with Crippen molar-refractivity contribution in [2.24, 2.45) is 7.05 Å². The van der Waals surface area contributed by atoms with Gasteiger partial charge in [0.25, 0.3) is 0 Å². The minimum Gasteiger partial charge on any atom is -0.494 e. The molecule has 3 heterocycles. The van der Waals surface area contributed by atoms with Crippen molar-refractivity contribution in [2.45, 2.75) is 12.5 Å². The van der Waals surface area contributed by atoms with Crippen LogP contribution in [0.5, 0.6) is 11.5 Å². The molecule has 2 aromatic carbocycles. The van der Waals surface area contributed by atoms with Crippen LogP contribution in [-0.2, 0) is 7.05 Å². The Morgan fingerprint density at radius 2 is 2.00 bits per heavy atom. The zero-order valence-electron chi connectivity index (χ0n) is 19.8. The summed E-state index contributed by atoms with van der Waals surface area (Å²) in [5.74, 6) is 0.883. The predicted octanol–water partition coefficient (Wildman–Crippen LogP) is 4.38. The number of likely N-dealkylation sites (tertiary alicyclic amines) is 1. The van der Waals surface area contributed by atoms with Crippen LogP contribution >= 0.6 is 0 Å². The first kappa shape index (κ1) is 22.6. The molecule has 10 nitrogen and oxygen atoms in total. The SMILES string of the molecule is COc1cc(O[C@H]2CCN(C)C2)c([N+](=O)[O-])cc1Nc1nccc(-c2cn(C)c3ccccc23)n1. The van der Waals surface area contributed by atoms with Gasteiger partial charge in [0.15, 0.2) is 0 Å². The summed E-state index contributed by atoms with van der Waals surface area (Å²) in [5.41, 5.74) is 3.03. The summed E-state index contributed by atoms with van der Waals surface area (Å²) >= 11 is 0. The molecule has 1 fully saturated rings. The first-order valence-electron chi connectivity index (χ1n) is 11.3. The second kappa shape index (κ2) is 9.22. The summed E-state index contributed by atoms with van der Waals surface area (Å²) in [6.45, 7) is 1.61. The number of nitro benzene ring substituents is 1. The van der Waals surface area contributed by atoms with E-state index in [1.807, 2.05) is 49.1 Å². The maximum Gasteiger partial charge on any atom is 0.313 e. The summed E-state index contributed by atoms with van der Waals surface area (Å²) in [5, 5.41) is 16.0. The number of rotatable bonds is 7. The molecule has 5 rings (SSSR count). The van der Waals surface area contributed by atoms with Gasteiger partial charge in [-0.1, -0.05) is 18.2 Å². The minimum atomic E-state index is -0.452. The second-order valence-electron chi connectivity index (χ2n) is 8.63. The molecule has 1 N–H and O–H groups in total. The summed E-state index contributed by atoms with van der Waals surface area (Å²) in [6.07, 6.45) is 4.38. The smallest absolute Gasteiger partial charge is 0.313 e. The Morgan fingerprint density at radius 3 is 2.74 bits per heavy atom. The van der Waals surface area contributed by atoms with Crippen molar-refractivity contribution in [2.75, 3.05) is 32.6 Å². The molecular weight excluding hydrogens is 448 g/mol. The number of fused-ring (bicyclic) bond motifs is 1. The average molecular weight is 475 g/mol. The van der Waals surface area contributed by atoms with Gasteiger partial charge in [-0.25, -0.2) is 9.97 Å². The maximum atomic E-state index is 11.8. The highest BCUT2D eigenvalue weighted by atomic mass is 16.6. The fourth-order valence-electron chi connectivity index (χ4n) is 4.46. The number of anilines is 2. The summed E-state index contributed by atoms with van der Waals surface area (Å²) in [6, 6.07) is 12.9. The molecule has 35 heavy (non-hydrogen) atoms. The van der Waals surface area contributed by atoms with E-state index in [9.17, 15) is 10.1 Å². The fraction of sp³-hybridized carbons (Fsp3) is 0.280. The summed E-state index contributed by atoms with van der Waals surface area (Å²) in [4.78, 5) is 22.5. The van der Waals surface area contributed by atoms with Crippen molar-refractivity contribution >= 4 is 28.2 Å². The number of hydrogen-bond acceptors (Lipinski definition) is 8. The normalized spacial score (nSPS) is 15.9. The van der Waals surface area contributed by atoms with Crippen LogP contribution in [0.3, 0.4) is 0 Å².